The van der Waals surface area contributed by atoms with E-state index in [0.29, 0.717) is 5.90 Å². The molecule has 1 aliphatic heterocycles. The summed E-state index contributed by atoms with van der Waals surface area (Å²) in [6.07, 6.45) is 3.59. The molecule has 0 spiro atoms. The molecule has 5 heteroatoms. The van der Waals surface area contributed by atoms with Gasteiger partial charge in [0.05, 0.1) is 14.2 Å². The van der Waals surface area contributed by atoms with E-state index in [4.69, 9.17) is 9.47 Å². The van der Waals surface area contributed by atoms with Crippen molar-refractivity contribution in [3.63, 3.8) is 0 Å². The summed E-state index contributed by atoms with van der Waals surface area (Å²) in [5.41, 5.74) is 0.994. The van der Waals surface area contributed by atoms with Crippen LogP contribution in [0.25, 0.3) is 6.08 Å². The molecule has 1 atom stereocenters. The summed E-state index contributed by atoms with van der Waals surface area (Å²) in [7, 11) is 2.96. The van der Waals surface area contributed by atoms with Gasteiger partial charge in [0, 0.05) is 6.08 Å². The molecule has 0 radical (unpaired) electrons. The van der Waals surface area contributed by atoms with Crippen LogP contribution in [0.2, 0.25) is 0 Å². The van der Waals surface area contributed by atoms with Crippen molar-refractivity contribution < 1.29 is 19.0 Å². The molecule has 0 aliphatic carbocycles. The highest BCUT2D eigenvalue weighted by Crippen LogP contribution is 2.13. The molecule has 19 heavy (non-hydrogen) atoms. The van der Waals surface area contributed by atoms with Crippen molar-refractivity contribution in [2.45, 2.75) is 6.04 Å². The lowest BCUT2D eigenvalue weighted by Crippen LogP contribution is -2.21. The van der Waals surface area contributed by atoms with Crippen LogP contribution < -0.4 is 4.74 Å². The van der Waals surface area contributed by atoms with Crippen molar-refractivity contribution in [3.8, 4) is 5.75 Å². The zero-order chi connectivity index (χ0) is 13.7. The minimum atomic E-state index is -0.555. The Balaban J connectivity index is 2.00. The number of aliphatic imine (C=N–C) groups is 1. The number of nitrogens with zero attached hydrogens (tertiary/aromatic N) is 1. The maximum absolute atomic E-state index is 11.3. The molecule has 2 rings (SSSR count). The number of carbonyl (C=O) groups is 1. The second kappa shape index (κ2) is 6.04. The maximum atomic E-state index is 11.3. The average molecular weight is 261 g/mol. The molecule has 100 valence electrons. The number of benzene rings is 1. The standard InChI is InChI=1S/C14H15NO4/c1-17-11-6-3-10(4-7-11)5-8-13-15-12(9-19-13)14(16)18-2/h3-8,12H,9H2,1-2H3/b8-5+/t12-/m0/s1. The van der Waals surface area contributed by atoms with Gasteiger partial charge in [0.2, 0.25) is 5.90 Å². The van der Waals surface area contributed by atoms with E-state index in [-0.39, 0.29) is 12.6 Å². The van der Waals surface area contributed by atoms with Crippen LogP contribution in [0.15, 0.2) is 35.3 Å². The van der Waals surface area contributed by atoms with Gasteiger partial charge < -0.3 is 14.2 Å². The first-order valence-corrected chi connectivity index (χ1v) is 5.83. The van der Waals surface area contributed by atoms with Crippen LogP contribution in [0.1, 0.15) is 5.56 Å². The third-order valence-corrected chi connectivity index (χ3v) is 2.68. The van der Waals surface area contributed by atoms with Crippen LogP contribution in [-0.4, -0.2) is 38.7 Å². The van der Waals surface area contributed by atoms with Crippen molar-refractivity contribution in [1.82, 2.24) is 0 Å². The normalized spacial score (nSPS) is 18.0. The summed E-state index contributed by atoms with van der Waals surface area (Å²) < 4.78 is 15.0. The van der Waals surface area contributed by atoms with Crippen LogP contribution in [-0.2, 0) is 14.3 Å². The largest absolute Gasteiger partial charge is 0.497 e. The lowest BCUT2D eigenvalue weighted by atomic mass is 10.2. The van der Waals surface area contributed by atoms with Gasteiger partial charge in [-0.05, 0) is 23.8 Å². The molecule has 0 aromatic heterocycles. The lowest BCUT2D eigenvalue weighted by Gasteiger charge is -2.00. The average Bonchev–Trinajstić information content (AvgIpc) is 2.93. The molecule has 1 heterocycles. The van der Waals surface area contributed by atoms with Crippen molar-refractivity contribution in [2.24, 2.45) is 4.99 Å². The predicted octanol–water partition coefficient (Wildman–Crippen LogP) is 1.68. The van der Waals surface area contributed by atoms with E-state index in [1.54, 1.807) is 13.2 Å². The van der Waals surface area contributed by atoms with Gasteiger partial charge in [0.25, 0.3) is 0 Å². The molecule has 1 aromatic rings. The lowest BCUT2D eigenvalue weighted by molar-refractivity contribution is -0.142. The number of ether oxygens (including phenoxy) is 3. The zero-order valence-electron chi connectivity index (χ0n) is 10.8. The number of methoxy groups -OCH3 is 2. The van der Waals surface area contributed by atoms with Crippen molar-refractivity contribution in [3.05, 3.63) is 35.9 Å². The molecular formula is C14H15NO4. The first-order chi connectivity index (χ1) is 9.22. The Morgan fingerprint density at radius 2 is 2.05 bits per heavy atom. The first-order valence-electron chi connectivity index (χ1n) is 5.83. The zero-order valence-corrected chi connectivity index (χ0v) is 10.8. The van der Waals surface area contributed by atoms with Crippen LogP contribution in [0.5, 0.6) is 5.75 Å². The van der Waals surface area contributed by atoms with Gasteiger partial charge in [-0.2, -0.15) is 0 Å². The van der Waals surface area contributed by atoms with Crippen LogP contribution in [0.4, 0.5) is 0 Å². The minimum Gasteiger partial charge on any atom is -0.497 e. The quantitative estimate of drug-likeness (QED) is 0.774. The number of esters is 1. The fraction of sp³-hybridized carbons (Fsp3) is 0.286. The van der Waals surface area contributed by atoms with E-state index in [1.165, 1.54) is 7.11 Å². The van der Waals surface area contributed by atoms with Crippen LogP contribution >= 0.6 is 0 Å². The number of carbonyl (C=O) groups excluding carboxylic acids is 1. The Morgan fingerprint density at radius 3 is 2.68 bits per heavy atom. The molecule has 0 amide bonds. The van der Waals surface area contributed by atoms with Crippen molar-refractivity contribution in [1.29, 1.82) is 0 Å². The molecule has 0 saturated heterocycles. The summed E-state index contributed by atoms with van der Waals surface area (Å²) in [5, 5.41) is 0. The van der Waals surface area contributed by atoms with Gasteiger partial charge in [0.15, 0.2) is 6.04 Å². The first kappa shape index (κ1) is 13.1. The number of rotatable bonds is 4. The van der Waals surface area contributed by atoms with Gasteiger partial charge in [-0.3, -0.25) is 0 Å². The number of hydrogen-bond donors (Lipinski definition) is 0. The van der Waals surface area contributed by atoms with Gasteiger partial charge in [-0.1, -0.05) is 12.1 Å². The molecule has 0 N–H and O–H groups in total. The second-order valence-electron chi connectivity index (χ2n) is 3.92. The maximum Gasteiger partial charge on any atom is 0.334 e. The predicted molar refractivity (Wildman–Crippen MR) is 71.2 cm³/mol. The van der Waals surface area contributed by atoms with Crippen LogP contribution in [0.3, 0.4) is 0 Å². The van der Waals surface area contributed by atoms with Gasteiger partial charge >= 0.3 is 5.97 Å². The Morgan fingerprint density at radius 1 is 1.32 bits per heavy atom. The van der Waals surface area contributed by atoms with E-state index in [0.717, 1.165) is 11.3 Å². The molecule has 0 bridgehead atoms. The highest BCUT2D eigenvalue weighted by atomic mass is 16.5. The summed E-state index contributed by atoms with van der Waals surface area (Å²) in [4.78, 5) is 15.4. The highest BCUT2D eigenvalue weighted by Gasteiger charge is 2.25. The molecule has 1 aromatic carbocycles. The molecule has 0 saturated carbocycles. The van der Waals surface area contributed by atoms with E-state index in [2.05, 4.69) is 9.73 Å². The van der Waals surface area contributed by atoms with E-state index >= 15 is 0 Å². The van der Waals surface area contributed by atoms with Crippen LogP contribution in [0, 0.1) is 0 Å². The molecular weight excluding hydrogens is 246 g/mol. The SMILES string of the molecule is COC(=O)[C@@H]1COC(/C=C/c2ccc(OC)cc2)=N1. The second-order valence-corrected chi connectivity index (χ2v) is 3.92. The van der Waals surface area contributed by atoms with Crippen molar-refractivity contribution in [2.75, 3.05) is 20.8 Å². The molecule has 5 nitrogen and oxygen atoms in total. The third-order valence-electron chi connectivity index (χ3n) is 2.68. The summed E-state index contributed by atoms with van der Waals surface area (Å²) in [6.45, 7) is 0.231. The Labute approximate surface area is 111 Å². The molecule has 0 fully saturated rings. The van der Waals surface area contributed by atoms with Gasteiger partial charge in [-0.25, -0.2) is 9.79 Å². The summed E-state index contributed by atoms with van der Waals surface area (Å²) in [5.74, 6) is 0.858. The monoisotopic (exact) mass is 261 g/mol. The smallest absolute Gasteiger partial charge is 0.334 e. The Kier molecular flexibility index (Phi) is 4.18. The molecule has 1 aliphatic rings. The highest BCUT2D eigenvalue weighted by molar-refractivity contribution is 5.95. The summed E-state index contributed by atoms with van der Waals surface area (Å²) in [6, 6.07) is 7.02. The van der Waals surface area contributed by atoms with Gasteiger partial charge in [0.1, 0.15) is 12.4 Å². The minimum absolute atomic E-state index is 0.231. The van der Waals surface area contributed by atoms with Gasteiger partial charge in [-0.15, -0.1) is 0 Å². The topological polar surface area (TPSA) is 57.1 Å². The van der Waals surface area contributed by atoms with E-state index in [9.17, 15) is 4.79 Å². The molecule has 0 unspecified atom stereocenters. The summed E-state index contributed by atoms with van der Waals surface area (Å²) >= 11 is 0. The fourth-order valence-corrected chi connectivity index (χ4v) is 1.62. The van der Waals surface area contributed by atoms with E-state index < -0.39 is 6.04 Å². The Hall–Kier alpha value is -2.30. The van der Waals surface area contributed by atoms with Crippen molar-refractivity contribution >= 4 is 17.9 Å². The van der Waals surface area contributed by atoms with E-state index in [1.807, 2.05) is 30.3 Å². The number of hydrogen-bond acceptors (Lipinski definition) is 5. The fourth-order valence-electron chi connectivity index (χ4n) is 1.62. The Bertz CT molecular complexity index is 505. The third kappa shape index (κ3) is 3.34.